The number of ether oxygens (including phenoxy) is 1. The molecule has 0 fully saturated rings. The molecule has 110 valence electrons. The van der Waals surface area contributed by atoms with Crippen LogP contribution in [0.25, 0.3) is 0 Å². The van der Waals surface area contributed by atoms with Gasteiger partial charge in [-0.1, -0.05) is 34.1 Å². The molecule has 0 aliphatic heterocycles. The van der Waals surface area contributed by atoms with Crippen molar-refractivity contribution in [1.82, 2.24) is 5.32 Å². The quantitative estimate of drug-likeness (QED) is 0.893. The molecule has 2 aromatic rings. The summed E-state index contributed by atoms with van der Waals surface area (Å²) < 4.78 is 19.7. The predicted octanol–water partition coefficient (Wildman–Crippen LogP) is 3.59. The maximum Gasteiger partial charge on any atom is 0.258 e. The minimum atomic E-state index is -0.349. The molecule has 2 rings (SSSR count). The molecule has 0 atom stereocenters. The normalized spacial score (nSPS) is 10.2. The van der Waals surface area contributed by atoms with Crippen molar-refractivity contribution in [2.24, 2.45) is 0 Å². The summed E-state index contributed by atoms with van der Waals surface area (Å²) in [4.78, 5) is 11.7. The van der Waals surface area contributed by atoms with E-state index in [4.69, 9.17) is 4.74 Å². The van der Waals surface area contributed by atoms with Crippen molar-refractivity contribution in [1.29, 1.82) is 0 Å². The van der Waals surface area contributed by atoms with E-state index in [0.717, 1.165) is 10.0 Å². The standard InChI is InChI=1S/C16H15BrFNO2/c1-11-4-2-3-5-15(11)21-10-16(20)19-9-12-8-13(17)6-7-14(12)18/h2-8H,9-10H2,1H3,(H,19,20). The number of halogens is 2. The van der Waals surface area contributed by atoms with Crippen LogP contribution in [0.4, 0.5) is 4.39 Å². The largest absolute Gasteiger partial charge is 0.484 e. The Labute approximate surface area is 131 Å². The predicted molar refractivity (Wildman–Crippen MR) is 82.6 cm³/mol. The molecule has 2 aromatic carbocycles. The number of amides is 1. The maximum absolute atomic E-state index is 13.5. The molecule has 0 spiro atoms. The Morgan fingerprint density at radius 1 is 1.29 bits per heavy atom. The van der Waals surface area contributed by atoms with Gasteiger partial charge < -0.3 is 10.1 Å². The number of hydrogen-bond donors (Lipinski definition) is 1. The Kier molecular flexibility index (Phi) is 5.33. The first-order valence-corrected chi connectivity index (χ1v) is 7.24. The lowest BCUT2D eigenvalue weighted by atomic mass is 10.2. The molecule has 1 N–H and O–H groups in total. The summed E-state index contributed by atoms with van der Waals surface area (Å²) in [6, 6.07) is 12.1. The molecule has 0 aromatic heterocycles. The number of carbonyl (C=O) groups excluding carboxylic acids is 1. The van der Waals surface area contributed by atoms with E-state index >= 15 is 0 Å². The summed E-state index contributed by atoms with van der Waals surface area (Å²) in [6.07, 6.45) is 0. The van der Waals surface area contributed by atoms with E-state index in [0.29, 0.717) is 11.3 Å². The van der Waals surface area contributed by atoms with Crippen molar-refractivity contribution in [3.63, 3.8) is 0 Å². The van der Waals surface area contributed by atoms with Crippen molar-refractivity contribution in [2.75, 3.05) is 6.61 Å². The van der Waals surface area contributed by atoms with Crippen LogP contribution in [0.3, 0.4) is 0 Å². The van der Waals surface area contributed by atoms with Crippen LogP contribution in [0.2, 0.25) is 0 Å². The number of aryl methyl sites for hydroxylation is 1. The second-order valence-electron chi connectivity index (χ2n) is 4.57. The van der Waals surface area contributed by atoms with Crippen LogP contribution < -0.4 is 10.1 Å². The van der Waals surface area contributed by atoms with Gasteiger partial charge in [-0.2, -0.15) is 0 Å². The first-order chi connectivity index (χ1) is 10.1. The van der Waals surface area contributed by atoms with Crippen LogP contribution in [-0.2, 0) is 11.3 Å². The van der Waals surface area contributed by atoms with Gasteiger partial charge in [0.25, 0.3) is 5.91 Å². The number of para-hydroxylation sites is 1. The molecule has 0 aliphatic rings. The number of nitrogens with one attached hydrogen (secondary N) is 1. The lowest BCUT2D eigenvalue weighted by molar-refractivity contribution is -0.123. The highest BCUT2D eigenvalue weighted by atomic mass is 79.9. The van der Waals surface area contributed by atoms with Gasteiger partial charge in [0, 0.05) is 16.6 Å². The fraction of sp³-hybridized carbons (Fsp3) is 0.188. The van der Waals surface area contributed by atoms with Crippen molar-refractivity contribution >= 4 is 21.8 Å². The van der Waals surface area contributed by atoms with Gasteiger partial charge in [-0.15, -0.1) is 0 Å². The second kappa shape index (κ2) is 7.22. The van der Waals surface area contributed by atoms with E-state index in [-0.39, 0.29) is 24.9 Å². The van der Waals surface area contributed by atoms with Gasteiger partial charge in [0.2, 0.25) is 0 Å². The zero-order chi connectivity index (χ0) is 15.2. The summed E-state index contributed by atoms with van der Waals surface area (Å²) in [5.41, 5.74) is 1.39. The third kappa shape index (κ3) is 4.56. The van der Waals surface area contributed by atoms with Crippen molar-refractivity contribution in [3.8, 4) is 5.75 Å². The summed E-state index contributed by atoms with van der Waals surface area (Å²) >= 11 is 3.27. The van der Waals surface area contributed by atoms with E-state index in [1.54, 1.807) is 18.2 Å². The average molecular weight is 352 g/mol. The zero-order valence-corrected chi connectivity index (χ0v) is 13.1. The SMILES string of the molecule is Cc1ccccc1OCC(=O)NCc1cc(Br)ccc1F. The Hall–Kier alpha value is -1.88. The average Bonchev–Trinajstić information content (AvgIpc) is 2.47. The number of carbonyl (C=O) groups is 1. The van der Waals surface area contributed by atoms with Crippen LogP contribution in [0.1, 0.15) is 11.1 Å². The Balaban J connectivity index is 1.85. The fourth-order valence-corrected chi connectivity index (χ4v) is 2.19. The van der Waals surface area contributed by atoms with E-state index in [1.165, 1.54) is 6.07 Å². The lowest BCUT2D eigenvalue weighted by Gasteiger charge is -2.10. The van der Waals surface area contributed by atoms with E-state index in [9.17, 15) is 9.18 Å². The number of hydrogen-bond acceptors (Lipinski definition) is 2. The molecule has 1 amide bonds. The van der Waals surface area contributed by atoms with Crippen molar-refractivity contribution in [2.45, 2.75) is 13.5 Å². The minimum Gasteiger partial charge on any atom is -0.484 e. The van der Waals surface area contributed by atoms with Crippen LogP contribution in [0.15, 0.2) is 46.9 Å². The molecule has 5 heteroatoms. The highest BCUT2D eigenvalue weighted by molar-refractivity contribution is 9.10. The molecule has 0 radical (unpaired) electrons. The smallest absolute Gasteiger partial charge is 0.258 e. The maximum atomic E-state index is 13.5. The molecule has 0 heterocycles. The van der Waals surface area contributed by atoms with Gasteiger partial charge in [-0.25, -0.2) is 4.39 Å². The topological polar surface area (TPSA) is 38.3 Å². The van der Waals surface area contributed by atoms with Gasteiger partial charge >= 0.3 is 0 Å². The highest BCUT2D eigenvalue weighted by Crippen LogP contribution is 2.16. The Bertz CT molecular complexity index is 646. The third-order valence-electron chi connectivity index (χ3n) is 2.94. The van der Waals surface area contributed by atoms with Crippen LogP contribution >= 0.6 is 15.9 Å². The first-order valence-electron chi connectivity index (χ1n) is 6.45. The van der Waals surface area contributed by atoms with Gasteiger partial charge in [0.15, 0.2) is 6.61 Å². The van der Waals surface area contributed by atoms with Crippen LogP contribution in [0, 0.1) is 12.7 Å². The van der Waals surface area contributed by atoms with E-state index < -0.39 is 0 Å². The molecule has 0 saturated heterocycles. The molecule has 21 heavy (non-hydrogen) atoms. The molecule has 0 aliphatic carbocycles. The summed E-state index contributed by atoms with van der Waals surface area (Å²) in [6.45, 7) is 1.94. The fourth-order valence-electron chi connectivity index (χ4n) is 1.79. The highest BCUT2D eigenvalue weighted by Gasteiger charge is 2.07. The van der Waals surface area contributed by atoms with Gasteiger partial charge in [-0.3, -0.25) is 4.79 Å². The molecule has 0 saturated carbocycles. The Morgan fingerprint density at radius 2 is 2.05 bits per heavy atom. The third-order valence-corrected chi connectivity index (χ3v) is 3.43. The molecule has 0 unspecified atom stereocenters. The molecular weight excluding hydrogens is 337 g/mol. The zero-order valence-electron chi connectivity index (χ0n) is 11.5. The van der Waals surface area contributed by atoms with E-state index in [2.05, 4.69) is 21.2 Å². The second-order valence-corrected chi connectivity index (χ2v) is 5.48. The first kappa shape index (κ1) is 15.5. The van der Waals surface area contributed by atoms with Crippen LogP contribution in [0.5, 0.6) is 5.75 Å². The van der Waals surface area contributed by atoms with E-state index in [1.807, 2.05) is 25.1 Å². The summed E-state index contributed by atoms with van der Waals surface area (Å²) in [5.74, 6) is 0.0252. The monoisotopic (exact) mass is 351 g/mol. The number of benzene rings is 2. The Morgan fingerprint density at radius 3 is 2.81 bits per heavy atom. The van der Waals surface area contributed by atoms with Gasteiger partial charge in [0.1, 0.15) is 11.6 Å². The minimum absolute atomic E-state index is 0.0968. The molecular formula is C16H15BrFNO2. The molecule has 0 bridgehead atoms. The number of rotatable bonds is 5. The lowest BCUT2D eigenvalue weighted by Crippen LogP contribution is -2.28. The van der Waals surface area contributed by atoms with Crippen molar-refractivity contribution < 1.29 is 13.9 Å². The van der Waals surface area contributed by atoms with Crippen LogP contribution in [-0.4, -0.2) is 12.5 Å². The molecule has 3 nitrogen and oxygen atoms in total. The van der Waals surface area contributed by atoms with Gasteiger partial charge in [-0.05, 0) is 36.8 Å². The summed E-state index contributed by atoms with van der Waals surface area (Å²) in [7, 11) is 0. The summed E-state index contributed by atoms with van der Waals surface area (Å²) in [5, 5.41) is 2.63. The van der Waals surface area contributed by atoms with Gasteiger partial charge in [0.05, 0.1) is 0 Å². The van der Waals surface area contributed by atoms with Crippen molar-refractivity contribution in [3.05, 3.63) is 63.9 Å².